The number of aryl methyl sites for hydroxylation is 3. The Morgan fingerprint density at radius 2 is 1.91 bits per heavy atom. The number of H-pyrrole nitrogens is 1. The molecule has 0 amide bonds. The van der Waals surface area contributed by atoms with E-state index in [2.05, 4.69) is 19.9 Å². The van der Waals surface area contributed by atoms with Crippen molar-refractivity contribution in [2.45, 2.75) is 38.6 Å². The van der Waals surface area contributed by atoms with Crippen LogP contribution in [0.15, 0.2) is 17.0 Å². The molecule has 0 aliphatic heterocycles. The van der Waals surface area contributed by atoms with Gasteiger partial charge in [-0.2, -0.15) is 5.10 Å². The minimum absolute atomic E-state index is 0.189. The van der Waals surface area contributed by atoms with Gasteiger partial charge in [0.1, 0.15) is 11.6 Å². The molecule has 2 rings (SSSR count). The lowest BCUT2D eigenvalue weighted by atomic mass is 10.1. The van der Waals surface area contributed by atoms with Gasteiger partial charge < -0.3 is 4.74 Å². The van der Waals surface area contributed by atoms with Gasteiger partial charge in [-0.1, -0.05) is 6.07 Å². The van der Waals surface area contributed by atoms with Crippen molar-refractivity contribution in [2.75, 3.05) is 7.11 Å². The third-order valence-electron chi connectivity index (χ3n) is 3.32. The fourth-order valence-corrected chi connectivity index (χ4v) is 3.67. The third kappa shape index (κ3) is 3.28. The van der Waals surface area contributed by atoms with Gasteiger partial charge in [0.15, 0.2) is 5.82 Å². The highest BCUT2D eigenvalue weighted by Crippen LogP contribution is 2.26. The Kier molecular flexibility index (Phi) is 4.52. The Balaban J connectivity index is 2.34. The monoisotopic (exact) mass is 324 g/mol. The number of aromatic amines is 1. The molecule has 0 fully saturated rings. The molecule has 22 heavy (non-hydrogen) atoms. The smallest absolute Gasteiger partial charge is 0.241 e. The van der Waals surface area contributed by atoms with E-state index in [1.165, 1.54) is 13.2 Å². The van der Waals surface area contributed by atoms with Crippen LogP contribution in [-0.2, 0) is 10.0 Å². The Labute approximate surface area is 130 Å². The summed E-state index contributed by atoms with van der Waals surface area (Å²) in [5.41, 5.74) is 1.54. The molecule has 0 saturated carbocycles. The van der Waals surface area contributed by atoms with Crippen LogP contribution in [-0.4, -0.2) is 30.7 Å². The van der Waals surface area contributed by atoms with Gasteiger partial charge in [0.25, 0.3) is 0 Å². The summed E-state index contributed by atoms with van der Waals surface area (Å²) in [6.07, 6.45) is 0. The molecule has 120 valence electrons. The molecule has 2 N–H and O–H groups in total. The van der Waals surface area contributed by atoms with Crippen molar-refractivity contribution in [1.29, 1.82) is 0 Å². The number of methoxy groups -OCH3 is 1. The van der Waals surface area contributed by atoms with Crippen molar-refractivity contribution in [3.63, 3.8) is 0 Å². The maximum atomic E-state index is 12.6. The Hall–Kier alpha value is -1.93. The van der Waals surface area contributed by atoms with Crippen molar-refractivity contribution in [3.05, 3.63) is 34.9 Å². The summed E-state index contributed by atoms with van der Waals surface area (Å²) in [5, 5.41) is 6.67. The molecular weight excluding hydrogens is 304 g/mol. The average Bonchev–Trinajstić information content (AvgIpc) is 2.85. The van der Waals surface area contributed by atoms with Crippen LogP contribution in [0.5, 0.6) is 5.75 Å². The second-order valence-corrected chi connectivity index (χ2v) is 6.89. The van der Waals surface area contributed by atoms with Crippen LogP contribution in [0.25, 0.3) is 0 Å². The molecule has 1 heterocycles. The number of benzene rings is 1. The van der Waals surface area contributed by atoms with Crippen LogP contribution < -0.4 is 9.46 Å². The average molecular weight is 324 g/mol. The Morgan fingerprint density at radius 3 is 2.45 bits per heavy atom. The SMILES string of the molecule is COc1cc(S(=O)(=O)N[C@@H](C)c2n[nH]c(C)n2)c(C)cc1C. The highest BCUT2D eigenvalue weighted by molar-refractivity contribution is 7.89. The second-order valence-electron chi connectivity index (χ2n) is 5.21. The van der Waals surface area contributed by atoms with Crippen LogP contribution in [0.4, 0.5) is 0 Å². The number of hydrogen-bond acceptors (Lipinski definition) is 5. The molecule has 8 heteroatoms. The van der Waals surface area contributed by atoms with E-state index in [0.717, 1.165) is 5.56 Å². The molecule has 0 spiro atoms. The maximum Gasteiger partial charge on any atom is 0.241 e. The fraction of sp³-hybridized carbons (Fsp3) is 0.429. The van der Waals surface area contributed by atoms with Crippen molar-refractivity contribution in [2.24, 2.45) is 0 Å². The Morgan fingerprint density at radius 1 is 1.23 bits per heavy atom. The van der Waals surface area contributed by atoms with E-state index in [-0.39, 0.29) is 4.90 Å². The van der Waals surface area contributed by atoms with Crippen molar-refractivity contribution >= 4 is 10.0 Å². The molecule has 0 bridgehead atoms. The Bertz CT molecular complexity index is 783. The molecule has 0 unspecified atom stereocenters. The van der Waals surface area contributed by atoms with Gasteiger partial charge in [-0.3, -0.25) is 5.10 Å². The van der Waals surface area contributed by atoms with Crippen LogP contribution in [0, 0.1) is 20.8 Å². The third-order valence-corrected chi connectivity index (χ3v) is 5.00. The van der Waals surface area contributed by atoms with E-state index in [9.17, 15) is 8.42 Å². The molecule has 7 nitrogen and oxygen atoms in total. The summed E-state index contributed by atoms with van der Waals surface area (Å²) in [6.45, 7) is 7.07. The maximum absolute atomic E-state index is 12.6. The molecule has 1 aromatic carbocycles. The van der Waals surface area contributed by atoms with Gasteiger partial charge in [0, 0.05) is 6.07 Å². The van der Waals surface area contributed by atoms with E-state index < -0.39 is 16.1 Å². The fourth-order valence-electron chi connectivity index (χ4n) is 2.23. The summed E-state index contributed by atoms with van der Waals surface area (Å²) in [6, 6.07) is 2.78. The molecule has 0 saturated heterocycles. The highest BCUT2D eigenvalue weighted by atomic mass is 32.2. The zero-order valence-electron chi connectivity index (χ0n) is 13.3. The van der Waals surface area contributed by atoms with E-state index in [1.54, 1.807) is 26.8 Å². The summed E-state index contributed by atoms with van der Waals surface area (Å²) in [5.74, 6) is 1.57. The predicted molar refractivity (Wildman–Crippen MR) is 82.3 cm³/mol. The van der Waals surface area contributed by atoms with Gasteiger partial charge in [-0.25, -0.2) is 18.1 Å². The molecule has 0 aliphatic carbocycles. The summed E-state index contributed by atoms with van der Waals surface area (Å²) >= 11 is 0. The van der Waals surface area contributed by atoms with Crippen molar-refractivity contribution < 1.29 is 13.2 Å². The van der Waals surface area contributed by atoms with E-state index in [4.69, 9.17) is 4.74 Å². The number of rotatable bonds is 5. The minimum atomic E-state index is -3.70. The normalized spacial score (nSPS) is 13.1. The van der Waals surface area contributed by atoms with Crippen molar-refractivity contribution in [1.82, 2.24) is 19.9 Å². The summed E-state index contributed by atoms with van der Waals surface area (Å²) in [7, 11) is -2.19. The number of sulfonamides is 1. The van der Waals surface area contributed by atoms with E-state index in [1.807, 2.05) is 6.92 Å². The zero-order valence-corrected chi connectivity index (χ0v) is 14.1. The molecule has 0 radical (unpaired) electrons. The number of ether oxygens (including phenoxy) is 1. The van der Waals surface area contributed by atoms with Crippen LogP contribution in [0.2, 0.25) is 0 Å². The number of hydrogen-bond donors (Lipinski definition) is 2. The summed E-state index contributed by atoms with van der Waals surface area (Å²) < 4.78 is 33.0. The molecule has 0 aliphatic rings. The van der Waals surface area contributed by atoms with Crippen LogP contribution in [0.1, 0.15) is 35.7 Å². The number of nitrogens with zero attached hydrogens (tertiary/aromatic N) is 2. The van der Waals surface area contributed by atoms with E-state index in [0.29, 0.717) is 23.0 Å². The van der Waals surface area contributed by atoms with Gasteiger partial charge in [-0.05, 0) is 38.8 Å². The first-order valence-corrected chi connectivity index (χ1v) is 8.29. The van der Waals surface area contributed by atoms with Gasteiger partial charge in [0.2, 0.25) is 10.0 Å². The zero-order chi connectivity index (χ0) is 16.5. The lowest BCUT2D eigenvalue weighted by Crippen LogP contribution is -2.28. The van der Waals surface area contributed by atoms with Crippen LogP contribution >= 0.6 is 0 Å². The number of aromatic nitrogens is 3. The topological polar surface area (TPSA) is 97.0 Å². The first-order chi connectivity index (χ1) is 10.2. The molecule has 1 atom stereocenters. The standard InChI is InChI=1S/C14H20N4O3S/c1-8-6-9(2)13(7-12(8)21-5)22(19,20)18-10(3)14-15-11(4)16-17-14/h6-7,10,18H,1-5H3,(H,15,16,17)/t10-/m0/s1. The predicted octanol–water partition coefficient (Wildman–Crippen LogP) is 1.78. The second kappa shape index (κ2) is 6.05. The lowest BCUT2D eigenvalue weighted by molar-refractivity contribution is 0.410. The van der Waals surface area contributed by atoms with E-state index >= 15 is 0 Å². The quantitative estimate of drug-likeness (QED) is 0.874. The number of nitrogens with one attached hydrogen (secondary N) is 2. The molecule has 1 aromatic heterocycles. The van der Waals surface area contributed by atoms with Gasteiger partial charge in [0.05, 0.1) is 18.0 Å². The van der Waals surface area contributed by atoms with Crippen LogP contribution in [0.3, 0.4) is 0 Å². The van der Waals surface area contributed by atoms with Gasteiger partial charge >= 0.3 is 0 Å². The van der Waals surface area contributed by atoms with Crippen molar-refractivity contribution in [3.8, 4) is 5.75 Å². The summed E-state index contributed by atoms with van der Waals surface area (Å²) in [4.78, 5) is 4.33. The largest absolute Gasteiger partial charge is 0.496 e. The highest BCUT2D eigenvalue weighted by Gasteiger charge is 2.23. The first-order valence-electron chi connectivity index (χ1n) is 6.81. The lowest BCUT2D eigenvalue weighted by Gasteiger charge is -2.15. The minimum Gasteiger partial charge on any atom is -0.496 e. The van der Waals surface area contributed by atoms with Gasteiger partial charge in [-0.15, -0.1) is 0 Å². The molecular formula is C14H20N4O3S. The first kappa shape index (κ1) is 16.4. The molecule has 2 aromatic rings.